The van der Waals surface area contributed by atoms with Gasteiger partial charge in [0.2, 0.25) is 5.88 Å². The van der Waals surface area contributed by atoms with E-state index in [1.807, 2.05) is 32.9 Å². The lowest BCUT2D eigenvalue weighted by Gasteiger charge is -2.24. The number of aromatic nitrogens is 1. The number of pyridine rings is 1. The van der Waals surface area contributed by atoms with Crippen molar-refractivity contribution in [1.29, 1.82) is 0 Å². The highest BCUT2D eigenvalue weighted by molar-refractivity contribution is 5.68. The SMILES string of the molecule is COc1ccc(CNC2CCN(C(=O)OC(C)(C)C)C2)cn1. The van der Waals surface area contributed by atoms with E-state index in [-0.39, 0.29) is 12.1 Å². The summed E-state index contributed by atoms with van der Waals surface area (Å²) in [7, 11) is 1.60. The number of hydrogen-bond acceptors (Lipinski definition) is 5. The van der Waals surface area contributed by atoms with E-state index < -0.39 is 5.60 Å². The molecule has 1 saturated heterocycles. The lowest BCUT2D eigenvalue weighted by Crippen LogP contribution is -2.38. The Morgan fingerprint density at radius 3 is 2.82 bits per heavy atom. The van der Waals surface area contributed by atoms with Crippen molar-refractivity contribution in [2.45, 2.75) is 45.4 Å². The van der Waals surface area contributed by atoms with E-state index in [1.54, 1.807) is 18.2 Å². The molecular formula is C16H25N3O3. The molecule has 22 heavy (non-hydrogen) atoms. The van der Waals surface area contributed by atoms with Gasteiger partial charge in [-0.05, 0) is 32.8 Å². The third-order valence-corrected chi connectivity index (χ3v) is 3.44. The van der Waals surface area contributed by atoms with Gasteiger partial charge < -0.3 is 19.7 Å². The number of carbonyl (C=O) groups is 1. The lowest BCUT2D eigenvalue weighted by molar-refractivity contribution is 0.0291. The summed E-state index contributed by atoms with van der Waals surface area (Å²) in [6, 6.07) is 4.12. The van der Waals surface area contributed by atoms with Gasteiger partial charge in [0.1, 0.15) is 5.60 Å². The number of carbonyl (C=O) groups excluding carboxylic acids is 1. The van der Waals surface area contributed by atoms with E-state index in [0.717, 1.165) is 25.1 Å². The first-order valence-corrected chi connectivity index (χ1v) is 7.57. The van der Waals surface area contributed by atoms with Gasteiger partial charge in [0.15, 0.2) is 0 Å². The number of nitrogens with zero attached hydrogens (tertiary/aromatic N) is 2. The molecule has 0 radical (unpaired) electrons. The number of amides is 1. The van der Waals surface area contributed by atoms with Crippen molar-refractivity contribution >= 4 is 6.09 Å². The molecule has 6 nitrogen and oxygen atoms in total. The second-order valence-electron chi connectivity index (χ2n) is 6.50. The van der Waals surface area contributed by atoms with Crippen molar-refractivity contribution in [3.05, 3.63) is 23.9 Å². The van der Waals surface area contributed by atoms with Crippen LogP contribution >= 0.6 is 0 Å². The van der Waals surface area contributed by atoms with Gasteiger partial charge in [-0.3, -0.25) is 0 Å². The van der Waals surface area contributed by atoms with Crippen LogP contribution in [0.1, 0.15) is 32.8 Å². The van der Waals surface area contributed by atoms with Crippen LogP contribution in [0.5, 0.6) is 5.88 Å². The van der Waals surface area contributed by atoms with E-state index >= 15 is 0 Å². The van der Waals surface area contributed by atoms with Gasteiger partial charge in [-0.15, -0.1) is 0 Å². The first kappa shape index (κ1) is 16.5. The summed E-state index contributed by atoms with van der Waals surface area (Å²) in [5.74, 6) is 0.612. The Morgan fingerprint density at radius 2 is 2.23 bits per heavy atom. The maximum atomic E-state index is 12.0. The average Bonchev–Trinajstić information content (AvgIpc) is 2.93. The first-order valence-electron chi connectivity index (χ1n) is 7.57. The molecule has 1 aliphatic rings. The Labute approximate surface area is 131 Å². The van der Waals surface area contributed by atoms with Gasteiger partial charge >= 0.3 is 6.09 Å². The molecule has 0 spiro atoms. The molecule has 1 atom stereocenters. The molecule has 2 rings (SSSR count). The molecule has 1 aromatic rings. The average molecular weight is 307 g/mol. The summed E-state index contributed by atoms with van der Waals surface area (Å²) in [6.45, 7) is 7.78. The Balaban J connectivity index is 1.77. The zero-order chi connectivity index (χ0) is 16.2. The van der Waals surface area contributed by atoms with Gasteiger partial charge in [-0.25, -0.2) is 9.78 Å². The Hall–Kier alpha value is -1.82. The van der Waals surface area contributed by atoms with E-state index in [0.29, 0.717) is 12.4 Å². The molecule has 1 unspecified atom stereocenters. The molecule has 0 aliphatic carbocycles. The van der Waals surface area contributed by atoms with Crippen molar-refractivity contribution in [2.75, 3.05) is 20.2 Å². The van der Waals surface area contributed by atoms with E-state index in [1.165, 1.54) is 0 Å². The Kier molecular flexibility index (Phi) is 5.24. The van der Waals surface area contributed by atoms with Crippen LogP contribution in [0, 0.1) is 0 Å². The highest BCUT2D eigenvalue weighted by Gasteiger charge is 2.29. The third kappa shape index (κ3) is 4.87. The van der Waals surface area contributed by atoms with Crippen LogP contribution in [0.15, 0.2) is 18.3 Å². The minimum Gasteiger partial charge on any atom is -0.481 e. The van der Waals surface area contributed by atoms with Crippen LogP contribution in [-0.2, 0) is 11.3 Å². The van der Waals surface area contributed by atoms with Crippen molar-refractivity contribution in [2.24, 2.45) is 0 Å². The van der Waals surface area contributed by atoms with Crippen LogP contribution in [-0.4, -0.2) is 47.8 Å². The largest absolute Gasteiger partial charge is 0.481 e. The summed E-state index contributed by atoms with van der Waals surface area (Å²) in [4.78, 5) is 17.9. The quantitative estimate of drug-likeness (QED) is 0.924. The van der Waals surface area contributed by atoms with Crippen molar-refractivity contribution in [1.82, 2.24) is 15.2 Å². The Morgan fingerprint density at radius 1 is 1.45 bits per heavy atom. The monoisotopic (exact) mass is 307 g/mol. The maximum absolute atomic E-state index is 12.0. The first-order chi connectivity index (χ1) is 10.4. The smallest absolute Gasteiger partial charge is 0.410 e. The normalized spacial score (nSPS) is 18.4. The third-order valence-electron chi connectivity index (χ3n) is 3.44. The lowest BCUT2D eigenvalue weighted by atomic mass is 10.2. The molecule has 1 amide bonds. The van der Waals surface area contributed by atoms with Gasteiger partial charge in [0.05, 0.1) is 7.11 Å². The number of nitrogens with one attached hydrogen (secondary N) is 1. The zero-order valence-electron chi connectivity index (χ0n) is 13.8. The molecule has 0 bridgehead atoms. The fraction of sp³-hybridized carbons (Fsp3) is 0.625. The van der Waals surface area contributed by atoms with E-state index in [2.05, 4.69) is 10.3 Å². The molecule has 1 fully saturated rings. The van der Waals surface area contributed by atoms with Crippen LogP contribution in [0.4, 0.5) is 4.79 Å². The Bertz CT molecular complexity index is 496. The zero-order valence-corrected chi connectivity index (χ0v) is 13.8. The fourth-order valence-electron chi connectivity index (χ4n) is 2.32. The van der Waals surface area contributed by atoms with E-state index in [9.17, 15) is 4.79 Å². The number of ether oxygens (including phenoxy) is 2. The summed E-state index contributed by atoms with van der Waals surface area (Å²) >= 11 is 0. The number of methoxy groups -OCH3 is 1. The molecule has 1 aliphatic heterocycles. The predicted octanol–water partition coefficient (Wildman–Crippen LogP) is 2.19. The summed E-state index contributed by atoms with van der Waals surface area (Å²) in [5.41, 5.74) is 0.647. The topological polar surface area (TPSA) is 63.7 Å². The van der Waals surface area contributed by atoms with Crippen molar-refractivity contribution in [3.8, 4) is 5.88 Å². The molecule has 2 heterocycles. The highest BCUT2D eigenvalue weighted by atomic mass is 16.6. The molecule has 1 N–H and O–H groups in total. The fourth-order valence-corrected chi connectivity index (χ4v) is 2.32. The van der Waals surface area contributed by atoms with Gasteiger partial charge in [0, 0.05) is 37.9 Å². The van der Waals surface area contributed by atoms with E-state index in [4.69, 9.17) is 9.47 Å². The highest BCUT2D eigenvalue weighted by Crippen LogP contribution is 2.16. The molecule has 0 aromatic carbocycles. The van der Waals surface area contributed by atoms with Crippen LogP contribution in [0.25, 0.3) is 0 Å². The second kappa shape index (κ2) is 6.96. The molecule has 6 heteroatoms. The summed E-state index contributed by atoms with van der Waals surface area (Å²) < 4.78 is 10.4. The minimum atomic E-state index is -0.447. The van der Waals surface area contributed by atoms with Crippen LogP contribution in [0.2, 0.25) is 0 Å². The van der Waals surface area contributed by atoms with Crippen molar-refractivity contribution in [3.63, 3.8) is 0 Å². The minimum absolute atomic E-state index is 0.233. The van der Waals surface area contributed by atoms with Crippen molar-refractivity contribution < 1.29 is 14.3 Å². The molecule has 1 aromatic heterocycles. The number of likely N-dealkylation sites (tertiary alicyclic amines) is 1. The standard InChI is InChI=1S/C16H25N3O3/c1-16(2,3)22-15(20)19-8-7-13(11-19)17-9-12-5-6-14(21-4)18-10-12/h5-6,10,13,17H,7-9,11H2,1-4H3. The molecular weight excluding hydrogens is 282 g/mol. The summed E-state index contributed by atoms with van der Waals surface area (Å²) in [6.07, 6.45) is 2.50. The summed E-state index contributed by atoms with van der Waals surface area (Å²) in [5, 5.41) is 3.45. The second-order valence-corrected chi connectivity index (χ2v) is 6.50. The predicted molar refractivity (Wildman–Crippen MR) is 83.8 cm³/mol. The van der Waals surface area contributed by atoms with Gasteiger partial charge in [0.25, 0.3) is 0 Å². The molecule has 0 saturated carbocycles. The number of hydrogen-bond donors (Lipinski definition) is 1. The molecule has 122 valence electrons. The maximum Gasteiger partial charge on any atom is 0.410 e. The van der Waals surface area contributed by atoms with Gasteiger partial charge in [-0.1, -0.05) is 6.07 Å². The number of rotatable bonds is 4. The van der Waals surface area contributed by atoms with Crippen LogP contribution in [0.3, 0.4) is 0 Å². The van der Waals surface area contributed by atoms with Gasteiger partial charge in [-0.2, -0.15) is 0 Å². The van der Waals surface area contributed by atoms with Crippen LogP contribution < -0.4 is 10.1 Å².